The van der Waals surface area contributed by atoms with E-state index in [4.69, 9.17) is 5.11 Å². The number of nitrogens with zero attached hydrogens (tertiary/aromatic N) is 1. The number of carboxylic acid groups (broad SMARTS) is 1. The number of aromatic nitrogens is 1. The Morgan fingerprint density at radius 3 is 2.94 bits per heavy atom. The molecule has 0 aliphatic rings. The van der Waals surface area contributed by atoms with E-state index in [0.29, 0.717) is 13.1 Å². The van der Waals surface area contributed by atoms with Crippen LogP contribution >= 0.6 is 0 Å². The summed E-state index contributed by atoms with van der Waals surface area (Å²) in [5.41, 5.74) is 2.40. The number of para-hydroxylation sites is 1. The molecule has 0 saturated heterocycles. The van der Waals surface area contributed by atoms with Crippen molar-refractivity contribution >= 4 is 16.9 Å². The van der Waals surface area contributed by atoms with Crippen molar-refractivity contribution in [2.24, 2.45) is 7.05 Å². The summed E-state index contributed by atoms with van der Waals surface area (Å²) in [4.78, 5) is 10.4. The summed E-state index contributed by atoms with van der Waals surface area (Å²) in [5, 5.41) is 12.9. The van der Waals surface area contributed by atoms with Crippen LogP contribution in [0, 0.1) is 0 Å². The lowest BCUT2D eigenvalue weighted by molar-refractivity contribution is -0.136. The summed E-state index contributed by atoms with van der Waals surface area (Å²) in [5.74, 6) is -0.768. The van der Waals surface area contributed by atoms with Gasteiger partial charge in [0, 0.05) is 37.2 Å². The molecule has 0 unspecified atom stereocenters. The highest BCUT2D eigenvalue weighted by molar-refractivity contribution is 5.83. The van der Waals surface area contributed by atoms with Crippen LogP contribution in [0.1, 0.15) is 12.0 Å². The molecule has 0 aliphatic heterocycles. The molecule has 2 aromatic rings. The number of hydrogen-bond acceptors (Lipinski definition) is 2. The first-order valence-corrected chi connectivity index (χ1v) is 5.64. The van der Waals surface area contributed by atoms with Gasteiger partial charge < -0.3 is 15.0 Å². The number of aryl methyl sites for hydroxylation is 1. The third kappa shape index (κ3) is 2.65. The van der Waals surface area contributed by atoms with Crippen molar-refractivity contribution < 1.29 is 9.90 Å². The number of rotatable bonds is 5. The van der Waals surface area contributed by atoms with E-state index in [2.05, 4.69) is 28.2 Å². The van der Waals surface area contributed by atoms with Crippen LogP contribution in [0.3, 0.4) is 0 Å². The van der Waals surface area contributed by atoms with E-state index in [1.165, 1.54) is 16.5 Å². The van der Waals surface area contributed by atoms with Crippen LogP contribution < -0.4 is 5.32 Å². The molecule has 90 valence electrons. The third-order valence-corrected chi connectivity index (χ3v) is 2.81. The summed E-state index contributed by atoms with van der Waals surface area (Å²) in [6, 6.07) is 8.20. The third-order valence-electron chi connectivity index (χ3n) is 2.81. The van der Waals surface area contributed by atoms with Gasteiger partial charge in [-0.15, -0.1) is 0 Å². The van der Waals surface area contributed by atoms with E-state index in [-0.39, 0.29) is 6.42 Å². The fourth-order valence-corrected chi connectivity index (χ4v) is 1.98. The lowest BCUT2D eigenvalue weighted by Gasteiger charge is -2.01. The summed E-state index contributed by atoms with van der Waals surface area (Å²) < 4.78 is 2.09. The second-order valence-electron chi connectivity index (χ2n) is 4.10. The van der Waals surface area contributed by atoms with Crippen molar-refractivity contribution in [3.05, 3.63) is 36.0 Å². The number of carbonyl (C=O) groups is 1. The van der Waals surface area contributed by atoms with Crippen molar-refractivity contribution in [2.75, 3.05) is 6.54 Å². The molecule has 0 radical (unpaired) electrons. The normalized spacial score (nSPS) is 10.9. The zero-order valence-electron chi connectivity index (χ0n) is 9.81. The van der Waals surface area contributed by atoms with Gasteiger partial charge >= 0.3 is 5.97 Å². The largest absolute Gasteiger partial charge is 0.481 e. The van der Waals surface area contributed by atoms with E-state index in [1.807, 2.05) is 19.2 Å². The van der Waals surface area contributed by atoms with Crippen molar-refractivity contribution in [3.8, 4) is 0 Å². The maximum Gasteiger partial charge on any atom is 0.304 e. The topological polar surface area (TPSA) is 54.3 Å². The van der Waals surface area contributed by atoms with Crippen LogP contribution in [0.15, 0.2) is 30.5 Å². The SMILES string of the molecule is Cn1cc(CNCCC(=O)O)c2ccccc21. The number of carboxylic acids is 1. The zero-order valence-corrected chi connectivity index (χ0v) is 9.81. The average Bonchev–Trinajstić information content (AvgIpc) is 2.63. The summed E-state index contributed by atoms with van der Waals surface area (Å²) in [7, 11) is 2.02. The van der Waals surface area contributed by atoms with Gasteiger partial charge in [0.15, 0.2) is 0 Å². The van der Waals surface area contributed by atoms with Gasteiger partial charge in [-0.05, 0) is 11.6 Å². The standard InChI is InChI=1S/C13H16N2O2/c1-15-9-10(8-14-7-6-13(16)17)11-4-2-3-5-12(11)15/h2-5,9,14H,6-8H2,1H3,(H,16,17). The molecule has 4 heteroatoms. The second kappa shape index (κ2) is 5.01. The molecular weight excluding hydrogens is 216 g/mol. The predicted molar refractivity (Wildman–Crippen MR) is 66.9 cm³/mol. The molecule has 2 rings (SSSR count). The number of hydrogen-bond donors (Lipinski definition) is 2. The Balaban J connectivity index is 2.06. The molecule has 0 spiro atoms. The van der Waals surface area contributed by atoms with Gasteiger partial charge in [0.2, 0.25) is 0 Å². The molecule has 0 bridgehead atoms. The Bertz CT molecular complexity index is 531. The fraction of sp³-hybridized carbons (Fsp3) is 0.308. The van der Waals surface area contributed by atoms with Crippen molar-refractivity contribution in [1.82, 2.24) is 9.88 Å². The lowest BCUT2D eigenvalue weighted by atomic mass is 10.2. The number of benzene rings is 1. The van der Waals surface area contributed by atoms with Gasteiger partial charge in [-0.3, -0.25) is 4.79 Å². The first kappa shape index (κ1) is 11.7. The Hall–Kier alpha value is -1.81. The molecule has 17 heavy (non-hydrogen) atoms. The second-order valence-corrected chi connectivity index (χ2v) is 4.10. The molecule has 1 aromatic carbocycles. The van der Waals surface area contributed by atoms with Gasteiger partial charge in [0.05, 0.1) is 6.42 Å². The molecule has 1 heterocycles. The van der Waals surface area contributed by atoms with Crippen LogP contribution in [-0.4, -0.2) is 22.2 Å². The maximum absolute atomic E-state index is 10.4. The molecule has 0 saturated carbocycles. The van der Waals surface area contributed by atoms with E-state index in [1.54, 1.807) is 0 Å². The number of aliphatic carboxylic acids is 1. The van der Waals surface area contributed by atoms with Crippen LogP contribution in [-0.2, 0) is 18.4 Å². The molecule has 0 atom stereocenters. The number of fused-ring (bicyclic) bond motifs is 1. The van der Waals surface area contributed by atoms with Crippen molar-refractivity contribution in [3.63, 3.8) is 0 Å². The van der Waals surface area contributed by atoms with E-state index >= 15 is 0 Å². The predicted octanol–water partition coefficient (Wildman–Crippen LogP) is 1.74. The molecular formula is C13H16N2O2. The Labute approximate surface area is 99.9 Å². The van der Waals surface area contributed by atoms with Crippen LogP contribution in [0.5, 0.6) is 0 Å². The highest BCUT2D eigenvalue weighted by Gasteiger charge is 2.05. The molecule has 0 aliphatic carbocycles. The van der Waals surface area contributed by atoms with Gasteiger partial charge in [0.25, 0.3) is 0 Å². The minimum absolute atomic E-state index is 0.158. The van der Waals surface area contributed by atoms with E-state index in [9.17, 15) is 4.79 Å². The molecule has 4 nitrogen and oxygen atoms in total. The van der Waals surface area contributed by atoms with E-state index in [0.717, 1.165) is 0 Å². The smallest absolute Gasteiger partial charge is 0.304 e. The summed E-state index contributed by atoms with van der Waals surface area (Å²) >= 11 is 0. The average molecular weight is 232 g/mol. The highest BCUT2D eigenvalue weighted by atomic mass is 16.4. The Kier molecular flexibility index (Phi) is 3.44. The van der Waals surface area contributed by atoms with Gasteiger partial charge in [-0.2, -0.15) is 0 Å². The number of nitrogens with one attached hydrogen (secondary N) is 1. The summed E-state index contributed by atoms with van der Waals surface area (Å²) in [6.45, 7) is 1.20. The van der Waals surface area contributed by atoms with Gasteiger partial charge in [-0.25, -0.2) is 0 Å². The molecule has 2 N–H and O–H groups in total. The molecule has 0 fully saturated rings. The first-order valence-electron chi connectivity index (χ1n) is 5.64. The van der Waals surface area contributed by atoms with Gasteiger partial charge in [-0.1, -0.05) is 18.2 Å². The van der Waals surface area contributed by atoms with Crippen LogP contribution in [0.4, 0.5) is 0 Å². The maximum atomic E-state index is 10.4. The molecule has 0 amide bonds. The fourth-order valence-electron chi connectivity index (χ4n) is 1.98. The minimum Gasteiger partial charge on any atom is -0.481 e. The monoisotopic (exact) mass is 232 g/mol. The quantitative estimate of drug-likeness (QED) is 0.772. The zero-order chi connectivity index (χ0) is 12.3. The Morgan fingerprint density at radius 2 is 2.18 bits per heavy atom. The minimum atomic E-state index is -0.768. The van der Waals surface area contributed by atoms with Crippen LogP contribution in [0.25, 0.3) is 10.9 Å². The lowest BCUT2D eigenvalue weighted by Crippen LogP contribution is -2.17. The summed E-state index contributed by atoms with van der Waals surface area (Å²) in [6.07, 6.45) is 2.24. The van der Waals surface area contributed by atoms with Crippen molar-refractivity contribution in [1.29, 1.82) is 0 Å². The first-order chi connectivity index (χ1) is 8.18. The molecule has 1 aromatic heterocycles. The highest BCUT2D eigenvalue weighted by Crippen LogP contribution is 2.19. The van der Waals surface area contributed by atoms with E-state index < -0.39 is 5.97 Å². The van der Waals surface area contributed by atoms with Crippen molar-refractivity contribution in [2.45, 2.75) is 13.0 Å². The van der Waals surface area contributed by atoms with Crippen LogP contribution in [0.2, 0.25) is 0 Å². The van der Waals surface area contributed by atoms with Gasteiger partial charge in [0.1, 0.15) is 0 Å². The Morgan fingerprint density at radius 1 is 1.41 bits per heavy atom.